The summed E-state index contributed by atoms with van der Waals surface area (Å²) in [5.41, 5.74) is 3.14. The van der Waals surface area contributed by atoms with Crippen LogP contribution in [-0.4, -0.2) is 19.2 Å². The second-order valence-electron chi connectivity index (χ2n) is 6.19. The van der Waals surface area contributed by atoms with Crippen molar-refractivity contribution >= 4 is 0 Å². The molecule has 0 bridgehead atoms. The molecule has 0 aliphatic carbocycles. The highest BCUT2D eigenvalue weighted by atomic mass is 16.5. The number of nitriles is 1. The first-order valence-corrected chi connectivity index (χ1v) is 8.19. The number of rotatable bonds is 5. The van der Waals surface area contributed by atoms with E-state index in [1.165, 1.54) is 5.56 Å². The fourth-order valence-electron chi connectivity index (χ4n) is 3.16. The van der Waals surface area contributed by atoms with Crippen molar-refractivity contribution in [3.63, 3.8) is 0 Å². The van der Waals surface area contributed by atoms with Crippen LogP contribution in [0, 0.1) is 17.2 Å². The minimum Gasteiger partial charge on any atom is -0.372 e. The Labute approximate surface area is 137 Å². The Morgan fingerprint density at radius 1 is 1.04 bits per heavy atom. The highest BCUT2D eigenvalue weighted by Crippen LogP contribution is 2.19. The largest absolute Gasteiger partial charge is 0.372 e. The van der Waals surface area contributed by atoms with Crippen molar-refractivity contribution < 1.29 is 4.74 Å². The van der Waals surface area contributed by atoms with Crippen LogP contribution >= 0.6 is 0 Å². The van der Waals surface area contributed by atoms with Gasteiger partial charge in [0.25, 0.3) is 0 Å². The monoisotopic (exact) mass is 306 g/mol. The molecule has 2 atom stereocenters. The van der Waals surface area contributed by atoms with Crippen LogP contribution in [0.5, 0.6) is 0 Å². The van der Waals surface area contributed by atoms with Gasteiger partial charge in [0.05, 0.1) is 24.3 Å². The Hall–Kier alpha value is -2.15. The van der Waals surface area contributed by atoms with E-state index in [0.717, 1.165) is 31.5 Å². The zero-order valence-corrected chi connectivity index (χ0v) is 13.2. The van der Waals surface area contributed by atoms with Gasteiger partial charge in [-0.05, 0) is 48.6 Å². The second-order valence-corrected chi connectivity index (χ2v) is 6.19. The molecular formula is C20H22N2O. The highest BCUT2D eigenvalue weighted by molar-refractivity contribution is 5.32. The molecule has 1 aliphatic rings. The van der Waals surface area contributed by atoms with Crippen molar-refractivity contribution in [2.75, 3.05) is 13.1 Å². The van der Waals surface area contributed by atoms with Crippen LogP contribution in [0.15, 0.2) is 54.6 Å². The van der Waals surface area contributed by atoms with E-state index < -0.39 is 0 Å². The maximum atomic E-state index is 8.95. The molecule has 2 unspecified atom stereocenters. The highest BCUT2D eigenvalue weighted by Gasteiger charge is 2.22. The molecule has 0 saturated carbocycles. The lowest BCUT2D eigenvalue weighted by Gasteiger charge is -2.30. The normalized spacial score (nSPS) is 20.8. The van der Waals surface area contributed by atoms with E-state index in [1.807, 2.05) is 24.3 Å². The van der Waals surface area contributed by atoms with Crippen LogP contribution in [0.3, 0.4) is 0 Å². The van der Waals surface area contributed by atoms with Crippen LogP contribution in [-0.2, 0) is 17.8 Å². The minimum absolute atomic E-state index is 0.239. The van der Waals surface area contributed by atoms with Gasteiger partial charge in [-0.2, -0.15) is 5.26 Å². The molecule has 1 saturated heterocycles. The van der Waals surface area contributed by atoms with E-state index in [-0.39, 0.29) is 6.10 Å². The molecule has 1 heterocycles. The Balaban J connectivity index is 1.51. The van der Waals surface area contributed by atoms with E-state index in [2.05, 4.69) is 41.7 Å². The van der Waals surface area contributed by atoms with Crippen molar-refractivity contribution in [1.82, 2.24) is 5.32 Å². The summed E-state index contributed by atoms with van der Waals surface area (Å²) in [4.78, 5) is 0. The fourth-order valence-corrected chi connectivity index (χ4v) is 3.16. The summed E-state index contributed by atoms with van der Waals surface area (Å²) in [6.45, 7) is 2.53. The number of hydrogen-bond donors (Lipinski definition) is 1. The molecular weight excluding hydrogens is 284 g/mol. The van der Waals surface area contributed by atoms with Gasteiger partial charge in [0, 0.05) is 6.54 Å². The predicted molar refractivity (Wildman–Crippen MR) is 90.9 cm³/mol. The molecule has 1 aliphatic heterocycles. The first-order valence-electron chi connectivity index (χ1n) is 8.19. The third-order valence-electron chi connectivity index (χ3n) is 4.31. The average Bonchev–Trinajstić information content (AvgIpc) is 2.61. The summed E-state index contributed by atoms with van der Waals surface area (Å²) in [7, 11) is 0. The molecule has 0 amide bonds. The van der Waals surface area contributed by atoms with E-state index in [1.54, 1.807) is 0 Å². The zero-order chi connectivity index (χ0) is 15.9. The maximum absolute atomic E-state index is 8.95. The van der Waals surface area contributed by atoms with Crippen molar-refractivity contribution in [3.05, 3.63) is 71.3 Å². The third kappa shape index (κ3) is 4.66. The SMILES string of the molecule is N#Cc1cccc(COC2CNCC(Cc3ccccc3)C2)c1. The summed E-state index contributed by atoms with van der Waals surface area (Å²) in [6.07, 6.45) is 2.42. The number of benzene rings is 2. The molecule has 2 aromatic rings. The maximum Gasteiger partial charge on any atom is 0.0991 e. The van der Waals surface area contributed by atoms with E-state index in [0.29, 0.717) is 18.1 Å². The lowest BCUT2D eigenvalue weighted by atomic mass is 9.91. The number of nitrogens with zero attached hydrogens (tertiary/aromatic N) is 1. The van der Waals surface area contributed by atoms with Gasteiger partial charge in [-0.3, -0.25) is 0 Å². The number of ether oxygens (including phenoxy) is 1. The van der Waals surface area contributed by atoms with Crippen LogP contribution in [0.1, 0.15) is 23.1 Å². The number of nitrogens with one attached hydrogen (secondary N) is 1. The molecule has 118 valence electrons. The van der Waals surface area contributed by atoms with Gasteiger partial charge in [-0.25, -0.2) is 0 Å². The number of hydrogen-bond acceptors (Lipinski definition) is 3. The Morgan fingerprint density at radius 3 is 2.70 bits per heavy atom. The molecule has 0 aromatic heterocycles. The van der Waals surface area contributed by atoms with Crippen LogP contribution in [0.25, 0.3) is 0 Å². The topological polar surface area (TPSA) is 45.0 Å². The predicted octanol–water partition coefficient (Wildman–Crippen LogP) is 3.30. The van der Waals surface area contributed by atoms with Crippen molar-refractivity contribution in [1.29, 1.82) is 5.26 Å². The summed E-state index contributed by atoms with van der Waals surface area (Å²) in [5, 5.41) is 12.4. The van der Waals surface area contributed by atoms with Crippen molar-refractivity contribution in [3.8, 4) is 6.07 Å². The molecule has 3 rings (SSSR count). The molecule has 1 fully saturated rings. The fraction of sp³-hybridized carbons (Fsp3) is 0.350. The summed E-state index contributed by atoms with van der Waals surface area (Å²) < 4.78 is 6.06. The van der Waals surface area contributed by atoms with E-state index >= 15 is 0 Å². The van der Waals surface area contributed by atoms with Gasteiger partial charge in [0.1, 0.15) is 0 Å². The quantitative estimate of drug-likeness (QED) is 0.922. The lowest BCUT2D eigenvalue weighted by Crippen LogP contribution is -2.41. The van der Waals surface area contributed by atoms with Crippen LogP contribution < -0.4 is 5.32 Å². The van der Waals surface area contributed by atoms with Gasteiger partial charge < -0.3 is 10.1 Å². The molecule has 23 heavy (non-hydrogen) atoms. The molecule has 3 heteroatoms. The third-order valence-corrected chi connectivity index (χ3v) is 4.31. The van der Waals surface area contributed by atoms with Crippen molar-refractivity contribution in [2.24, 2.45) is 5.92 Å². The Morgan fingerprint density at radius 2 is 1.87 bits per heavy atom. The summed E-state index contributed by atoms with van der Waals surface area (Å²) in [6, 6.07) is 20.5. The Bertz CT molecular complexity index is 663. The van der Waals surface area contributed by atoms with E-state index in [9.17, 15) is 0 Å². The molecule has 0 radical (unpaired) electrons. The molecule has 0 spiro atoms. The van der Waals surface area contributed by atoms with E-state index in [4.69, 9.17) is 10.00 Å². The standard InChI is InChI=1S/C20H22N2O/c21-12-17-7-4-8-18(10-17)15-23-20-11-19(13-22-14-20)9-16-5-2-1-3-6-16/h1-8,10,19-20,22H,9,11,13-15H2. The van der Waals surface area contributed by atoms with Gasteiger partial charge >= 0.3 is 0 Å². The summed E-state index contributed by atoms with van der Waals surface area (Å²) in [5.74, 6) is 0.613. The van der Waals surface area contributed by atoms with Gasteiger partial charge in [0.15, 0.2) is 0 Å². The Kier molecular flexibility index (Phi) is 5.42. The van der Waals surface area contributed by atoms with Crippen LogP contribution in [0.4, 0.5) is 0 Å². The van der Waals surface area contributed by atoms with Gasteiger partial charge in [-0.1, -0.05) is 42.5 Å². The van der Waals surface area contributed by atoms with Gasteiger partial charge in [-0.15, -0.1) is 0 Å². The van der Waals surface area contributed by atoms with Gasteiger partial charge in [0.2, 0.25) is 0 Å². The molecule has 2 aromatic carbocycles. The first kappa shape index (κ1) is 15.7. The smallest absolute Gasteiger partial charge is 0.0991 e. The molecule has 1 N–H and O–H groups in total. The zero-order valence-electron chi connectivity index (χ0n) is 13.2. The van der Waals surface area contributed by atoms with Crippen molar-refractivity contribution in [2.45, 2.75) is 25.6 Å². The minimum atomic E-state index is 0.239. The lowest BCUT2D eigenvalue weighted by molar-refractivity contribution is 0.0114. The number of piperidine rings is 1. The molecule has 3 nitrogen and oxygen atoms in total. The summed E-state index contributed by atoms with van der Waals surface area (Å²) >= 11 is 0. The first-order chi connectivity index (χ1) is 11.3. The van der Waals surface area contributed by atoms with Crippen LogP contribution in [0.2, 0.25) is 0 Å². The second kappa shape index (κ2) is 7.92. The average molecular weight is 306 g/mol.